The number of hydrogen-bond acceptors (Lipinski definition) is 5. The molecule has 1 aliphatic heterocycles. The van der Waals surface area contributed by atoms with E-state index in [1.165, 1.54) is 28.5 Å². The molecule has 1 aromatic rings. The van der Waals surface area contributed by atoms with E-state index in [1.807, 2.05) is 18.4 Å². The smallest absolute Gasteiger partial charge is 0.185 e. The predicted octanol–water partition coefficient (Wildman–Crippen LogP) is 2.85. The molecule has 1 atom stereocenters. The molecule has 20 heavy (non-hydrogen) atoms. The van der Waals surface area contributed by atoms with Crippen LogP contribution < -0.4 is 10.2 Å². The quantitative estimate of drug-likeness (QED) is 0.876. The highest BCUT2D eigenvalue weighted by atomic mass is 32.1. The van der Waals surface area contributed by atoms with Gasteiger partial charge in [0.2, 0.25) is 0 Å². The molecule has 2 rings (SSSR count). The minimum atomic E-state index is 0.489. The largest absolute Gasteiger partial charge is 0.384 e. The summed E-state index contributed by atoms with van der Waals surface area (Å²) in [5.74, 6) is 1.14. The SMILES string of the molecule is CNCc1sc(N2CCCC(COC)C2)nc1C(C)C. The summed E-state index contributed by atoms with van der Waals surface area (Å²) in [6.45, 7) is 8.44. The Balaban J connectivity index is 2.13. The molecule has 1 aromatic heterocycles. The van der Waals surface area contributed by atoms with Crippen molar-refractivity contribution in [3.8, 4) is 0 Å². The van der Waals surface area contributed by atoms with Crippen molar-refractivity contribution in [2.45, 2.75) is 39.2 Å². The lowest BCUT2D eigenvalue weighted by Gasteiger charge is -2.32. The van der Waals surface area contributed by atoms with Gasteiger partial charge in [0.1, 0.15) is 0 Å². The van der Waals surface area contributed by atoms with E-state index in [0.717, 1.165) is 26.2 Å². The van der Waals surface area contributed by atoms with Crippen LogP contribution in [0.5, 0.6) is 0 Å². The fourth-order valence-corrected chi connectivity index (χ4v) is 4.10. The molecule has 2 heterocycles. The monoisotopic (exact) mass is 297 g/mol. The number of ether oxygens (including phenoxy) is 1. The minimum absolute atomic E-state index is 0.489. The Kier molecular flexibility index (Phi) is 5.81. The lowest BCUT2D eigenvalue weighted by Crippen LogP contribution is -2.37. The molecular formula is C15H27N3OS. The number of methoxy groups -OCH3 is 1. The first-order valence-electron chi connectivity index (χ1n) is 7.53. The number of rotatable bonds is 6. The third-order valence-corrected chi connectivity index (χ3v) is 4.92. The Morgan fingerprint density at radius 2 is 2.30 bits per heavy atom. The molecule has 1 saturated heterocycles. The molecule has 5 heteroatoms. The summed E-state index contributed by atoms with van der Waals surface area (Å²) in [4.78, 5) is 8.74. The van der Waals surface area contributed by atoms with E-state index in [1.54, 1.807) is 7.11 Å². The van der Waals surface area contributed by atoms with Gasteiger partial charge < -0.3 is 15.0 Å². The van der Waals surface area contributed by atoms with E-state index in [0.29, 0.717) is 11.8 Å². The van der Waals surface area contributed by atoms with E-state index in [9.17, 15) is 0 Å². The van der Waals surface area contributed by atoms with Gasteiger partial charge in [0.25, 0.3) is 0 Å². The van der Waals surface area contributed by atoms with Crippen LogP contribution in [0.25, 0.3) is 0 Å². The van der Waals surface area contributed by atoms with E-state index in [4.69, 9.17) is 9.72 Å². The van der Waals surface area contributed by atoms with Crippen LogP contribution in [0, 0.1) is 5.92 Å². The standard InChI is InChI=1S/C15H27N3OS/c1-11(2)14-13(8-16-3)20-15(17-14)18-7-5-6-12(9-18)10-19-4/h11-12,16H,5-10H2,1-4H3. The zero-order valence-electron chi connectivity index (χ0n) is 13.1. The molecule has 0 radical (unpaired) electrons. The van der Waals surface area contributed by atoms with Gasteiger partial charge in [0.05, 0.1) is 12.3 Å². The van der Waals surface area contributed by atoms with Crippen molar-refractivity contribution >= 4 is 16.5 Å². The third kappa shape index (κ3) is 3.71. The average molecular weight is 297 g/mol. The molecule has 0 aromatic carbocycles. The van der Waals surface area contributed by atoms with Gasteiger partial charge in [0, 0.05) is 31.6 Å². The molecule has 1 fully saturated rings. The van der Waals surface area contributed by atoms with E-state index in [2.05, 4.69) is 24.1 Å². The summed E-state index contributed by atoms with van der Waals surface area (Å²) in [5.41, 5.74) is 1.26. The van der Waals surface area contributed by atoms with Crippen molar-refractivity contribution in [3.63, 3.8) is 0 Å². The Morgan fingerprint density at radius 1 is 1.50 bits per heavy atom. The van der Waals surface area contributed by atoms with Gasteiger partial charge in [-0.05, 0) is 31.7 Å². The van der Waals surface area contributed by atoms with E-state index in [-0.39, 0.29) is 0 Å². The van der Waals surface area contributed by atoms with Crippen LogP contribution in [0.2, 0.25) is 0 Å². The van der Waals surface area contributed by atoms with Gasteiger partial charge in [-0.3, -0.25) is 0 Å². The summed E-state index contributed by atoms with van der Waals surface area (Å²) in [5, 5.41) is 4.45. The zero-order chi connectivity index (χ0) is 14.5. The first-order valence-corrected chi connectivity index (χ1v) is 8.35. The topological polar surface area (TPSA) is 37.4 Å². The first kappa shape index (κ1) is 15.7. The highest BCUT2D eigenvalue weighted by Crippen LogP contribution is 2.33. The van der Waals surface area contributed by atoms with Gasteiger partial charge in [-0.25, -0.2) is 4.98 Å². The Bertz CT molecular complexity index is 417. The van der Waals surface area contributed by atoms with E-state index < -0.39 is 0 Å². The fraction of sp³-hybridized carbons (Fsp3) is 0.800. The maximum atomic E-state index is 5.32. The highest BCUT2D eigenvalue weighted by molar-refractivity contribution is 7.15. The summed E-state index contributed by atoms with van der Waals surface area (Å²) >= 11 is 1.85. The lowest BCUT2D eigenvalue weighted by molar-refractivity contribution is 0.143. The second-order valence-corrected chi connectivity index (χ2v) is 6.96. The second kappa shape index (κ2) is 7.38. The van der Waals surface area contributed by atoms with Crippen LogP contribution in [0.1, 0.15) is 43.2 Å². The Labute approximate surface area is 126 Å². The van der Waals surface area contributed by atoms with Crippen molar-refractivity contribution in [3.05, 3.63) is 10.6 Å². The summed E-state index contributed by atoms with van der Waals surface area (Å²) < 4.78 is 5.32. The van der Waals surface area contributed by atoms with Crippen LogP contribution in [-0.4, -0.2) is 38.8 Å². The molecule has 0 amide bonds. The number of nitrogens with zero attached hydrogens (tertiary/aromatic N) is 2. The number of thiazole rings is 1. The highest BCUT2D eigenvalue weighted by Gasteiger charge is 2.24. The van der Waals surface area contributed by atoms with Crippen LogP contribution in [0.4, 0.5) is 5.13 Å². The normalized spacial score (nSPS) is 19.9. The molecule has 1 aliphatic rings. The van der Waals surface area contributed by atoms with Crippen molar-refractivity contribution in [1.82, 2.24) is 10.3 Å². The molecule has 4 nitrogen and oxygen atoms in total. The van der Waals surface area contributed by atoms with Crippen molar-refractivity contribution in [2.24, 2.45) is 5.92 Å². The Hall–Kier alpha value is -0.650. The molecule has 1 unspecified atom stereocenters. The molecule has 0 saturated carbocycles. The maximum absolute atomic E-state index is 5.32. The predicted molar refractivity (Wildman–Crippen MR) is 85.8 cm³/mol. The molecule has 1 N–H and O–H groups in total. The number of aromatic nitrogens is 1. The number of hydrogen-bond donors (Lipinski definition) is 1. The number of anilines is 1. The lowest BCUT2D eigenvalue weighted by atomic mass is 9.99. The summed E-state index contributed by atoms with van der Waals surface area (Å²) in [6.07, 6.45) is 2.52. The fourth-order valence-electron chi connectivity index (χ4n) is 2.83. The van der Waals surface area contributed by atoms with Gasteiger partial charge >= 0.3 is 0 Å². The van der Waals surface area contributed by atoms with Crippen LogP contribution in [0.15, 0.2) is 0 Å². The molecule has 114 valence electrons. The maximum Gasteiger partial charge on any atom is 0.185 e. The van der Waals surface area contributed by atoms with Crippen molar-refractivity contribution < 1.29 is 4.74 Å². The average Bonchev–Trinajstić information content (AvgIpc) is 2.84. The van der Waals surface area contributed by atoms with Crippen LogP contribution in [-0.2, 0) is 11.3 Å². The molecule has 0 spiro atoms. The van der Waals surface area contributed by atoms with Crippen LogP contribution in [0.3, 0.4) is 0 Å². The van der Waals surface area contributed by atoms with Gasteiger partial charge in [0.15, 0.2) is 5.13 Å². The van der Waals surface area contributed by atoms with Gasteiger partial charge in [-0.1, -0.05) is 13.8 Å². The van der Waals surface area contributed by atoms with Gasteiger partial charge in [-0.15, -0.1) is 11.3 Å². The van der Waals surface area contributed by atoms with Crippen molar-refractivity contribution in [2.75, 3.05) is 38.8 Å². The van der Waals surface area contributed by atoms with Crippen molar-refractivity contribution in [1.29, 1.82) is 0 Å². The van der Waals surface area contributed by atoms with Gasteiger partial charge in [-0.2, -0.15) is 0 Å². The van der Waals surface area contributed by atoms with Crippen LogP contribution >= 0.6 is 11.3 Å². The van der Waals surface area contributed by atoms with E-state index >= 15 is 0 Å². The molecule has 0 aliphatic carbocycles. The third-order valence-electron chi connectivity index (χ3n) is 3.79. The first-order chi connectivity index (χ1) is 9.65. The molecular weight excluding hydrogens is 270 g/mol. The second-order valence-electron chi connectivity index (χ2n) is 5.90. The molecule has 0 bridgehead atoms. The zero-order valence-corrected chi connectivity index (χ0v) is 13.9. The summed E-state index contributed by atoms with van der Waals surface area (Å²) in [6, 6.07) is 0. The minimum Gasteiger partial charge on any atom is -0.384 e. The number of nitrogens with one attached hydrogen (secondary N) is 1. The Morgan fingerprint density at radius 3 is 2.95 bits per heavy atom. The number of piperidine rings is 1. The summed E-state index contributed by atoms with van der Waals surface area (Å²) in [7, 11) is 3.79.